The van der Waals surface area contributed by atoms with Gasteiger partial charge in [-0.15, -0.1) is 22.7 Å². The van der Waals surface area contributed by atoms with Gasteiger partial charge in [-0.05, 0) is 35.6 Å². The average molecular weight is 352 g/mol. The molecule has 3 rings (SSSR count). The molecule has 3 aromatic rings. The van der Waals surface area contributed by atoms with Crippen molar-refractivity contribution in [3.63, 3.8) is 0 Å². The van der Waals surface area contributed by atoms with E-state index < -0.39 is 0 Å². The Morgan fingerprint density at radius 2 is 2.11 bits per heavy atom. The number of benzene rings is 1. The van der Waals surface area contributed by atoms with Crippen molar-refractivity contribution in [3.05, 3.63) is 51.2 Å². The second kappa shape index (κ2) is 5.73. The van der Waals surface area contributed by atoms with E-state index in [1.54, 1.807) is 11.3 Å². The van der Waals surface area contributed by atoms with Crippen molar-refractivity contribution in [3.8, 4) is 0 Å². The molecule has 0 aliphatic rings. The summed E-state index contributed by atoms with van der Waals surface area (Å²) in [4.78, 5) is 6.54. The van der Waals surface area contributed by atoms with E-state index in [0.717, 1.165) is 18.4 Å². The highest BCUT2D eigenvalue weighted by Gasteiger charge is 2.15. The molecule has 1 atom stereocenters. The molecule has 0 saturated heterocycles. The lowest BCUT2D eigenvalue weighted by Gasteiger charge is -2.07. The van der Waals surface area contributed by atoms with Gasteiger partial charge < -0.3 is 0 Å². The standard InChI is InChI=1S/C15H14BrNS2/c1-2-10-7-8-18-15(10)11(16)9-14-17-12-5-3-4-6-13(12)19-14/h3-8,11H,2,9H2,1H3. The fourth-order valence-electron chi connectivity index (χ4n) is 2.17. The first-order chi connectivity index (χ1) is 9.28. The summed E-state index contributed by atoms with van der Waals surface area (Å²) >= 11 is 7.47. The van der Waals surface area contributed by atoms with E-state index in [1.165, 1.54) is 20.1 Å². The lowest BCUT2D eigenvalue weighted by molar-refractivity contribution is 0.936. The fourth-order valence-corrected chi connectivity index (χ4v) is 5.29. The molecule has 1 nitrogen and oxygen atoms in total. The van der Waals surface area contributed by atoms with Gasteiger partial charge >= 0.3 is 0 Å². The van der Waals surface area contributed by atoms with Crippen LogP contribution in [0.1, 0.15) is 27.2 Å². The summed E-state index contributed by atoms with van der Waals surface area (Å²) in [6, 6.07) is 10.6. The van der Waals surface area contributed by atoms with Gasteiger partial charge in [0.2, 0.25) is 0 Å². The number of thiophene rings is 1. The van der Waals surface area contributed by atoms with E-state index >= 15 is 0 Å². The zero-order chi connectivity index (χ0) is 13.2. The Balaban J connectivity index is 1.84. The highest BCUT2D eigenvalue weighted by Crippen LogP contribution is 2.35. The molecule has 0 aliphatic heterocycles. The van der Waals surface area contributed by atoms with Gasteiger partial charge in [0.05, 0.1) is 20.1 Å². The van der Waals surface area contributed by atoms with Crippen LogP contribution in [0.3, 0.4) is 0 Å². The second-order valence-corrected chi connectivity index (χ2v) is 7.58. The van der Waals surface area contributed by atoms with Crippen LogP contribution in [0.4, 0.5) is 0 Å². The number of hydrogen-bond donors (Lipinski definition) is 0. The van der Waals surface area contributed by atoms with Crippen LogP contribution in [0.15, 0.2) is 35.7 Å². The van der Waals surface area contributed by atoms with Gasteiger partial charge in [0.1, 0.15) is 0 Å². The summed E-state index contributed by atoms with van der Waals surface area (Å²) in [7, 11) is 0. The largest absolute Gasteiger partial charge is 0.241 e. The van der Waals surface area contributed by atoms with Crippen molar-refractivity contribution in [1.82, 2.24) is 4.98 Å². The van der Waals surface area contributed by atoms with Crippen molar-refractivity contribution in [2.24, 2.45) is 0 Å². The molecular formula is C15H14BrNS2. The van der Waals surface area contributed by atoms with Crippen molar-refractivity contribution in [2.75, 3.05) is 0 Å². The monoisotopic (exact) mass is 351 g/mol. The summed E-state index contributed by atoms with van der Waals surface area (Å²) in [6.45, 7) is 2.21. The molecule has 98 valence electrons. The summed E-state index contributed by atoms with van der Waals surface area (Å²) in [5.41, 5.74) is 2.57. The first-order valence-electron chi connectivity index (χ1n) is 6.32. The van der Waals surface area contributed by atoms with Crippen LogP contribution in [-0.2, 0) is 12.8 Å². The minimum atomic E-state index is 0.378. The van der Waals surface area contributed by atoms with Gasteiger partial charge in [0, 0.05) is 11.3 Å². The van der Waals surface area contributed by atoms with E-state index in [4.69, 9.17) is 4.98 Å². The predicted octanol–water partition coefficient (Wildman–Crippen LogP) is 5.60. The predicted molar refractivity (Wildman–Crippen MR) is 88.7 cm³/mol. The molecule has 4 heteroatoms. The topological polar surface area (TPSA) is 12.9 Å². The van der Waals surface area contributed by atoms with Crippen molar-refractivity contribution in [1.29, 1.82) is 0 Å². The number of fused-ring (bicyclic) bond motifs is 1. The normalized spacial score (nSPS) is 12.9. The molecule has 0 amide bonds. The molecule has 2 heterocycles. The first kappa shape index (κ1) is 13.3. The Labute approximate surface area is 129 Å². The molecule has 0 N–H and O–H groups in total. The highest BCUT2D eigenvalue weighted by molar-refractivity contribution is 9.09. The van der Waals surface area contributed by atoms with Gasteiger partial charge in [-0.1, -0.05) is 35.0 Å². The van der Waals surface area contributed by atoms with Crippen LogP contribution >= 0.6 is 38.6 Å². The third-order valence-electron chi connectivity index (χ3n) is 3.14. The van der Waals surface area contributed by atoms with Crippen LogP contribution in [0.25, 0.3) is 10.2 Å². The van der Waals surface area contributed by atoms with Gasteiger partial charge in [0.15, 0.2) is 0 Å². The number of rotatable bonds is 4. The Hall–Kier alpha value is -0.710. The smallest absolute Gasteiger partial charge is 0.0953 e. The molecule has 2 aromatic heterocycles. The molecular weight excluding hydrogens is 338 g/mol. The van der Waals surface area contributed by atoms with E-state index in [2.05, 4.69) is 52.5 Å². The van der Waals surface area contributed by atoms with Gasteiger partial charge in [-0.3, -0.25) is 0 Å². The zero-order valence-corrected chi connectivity index (χ0v) is 13.8. The SMILES string of the molecule is CCc1ccsc1C(Br)Cc1nc2ccccc2s1. The fraction of sp³-hybridized carbons (Fsp3) is 0.267. The molecule has 1 aromatic carbocycles. The second-order valence-electron chi connectivity index (χ2n) is 4.41. The zero-order valence-electron chi connectivity index (χ0n) is 10.6. The lowest BCUT2D eigenvalue weighted by atomic mass is 10.1. The third-order valence-corrected chi connectivity index (χ3v) is 6.35. The lowest BCUT2D eigenvalue weighted by Crippen LogP contribution is -1.95. The van der Waals surface area contributed by atoms with E-state index in [9.17, 15) is 0 Å². The number of thiazole rings is 1. The summed E-state index contributed by atoms with van der Waals surface area (Å²) < 4.78 is 1.28. The van der Waals surface area contributed by atoms with Crippen molar-refractivity contribution >= 4 is 48.8 Å². The Morgan fingerprint density at radius 1 is 1.26 bits per heavy atom. The van der Waals surface area contributed by atoms with Crippen molar-refractivity contribution in [2.45, 2.75) is 24.6 Å². The van der Waals surface area contributed by atoms with Gasteiger partial charge in [-0.25, -0.2) is 4.98 Å². The molecule has 19 heavy (non-hydrogen) atoms. The maximum absolute atomic E-state index is 4.71. The maximum atomic E-state index is 4.71. The van der Waals surface area contributed by atoms with Crippen molar-refractivity contribution < 1.29 is 0 Å². The molecule has 0 saturated carbocycles. The van der Waals surface area contributed by atoms with Crippen LogP contribution in [0.5, 0.6) is 0 Å². The first-order valence-corrected chi connectivity index (χ1v) is 8.94. The Bertz CT molecular complexity index is 653. The Morgan fingerprint density at radius 3 is 2.89 bits per heavy atom. The molecule has 0 radical (unpaired) electrons. The Kier molecular flexibility index (Phi) is 4.01. The summed E-state index contributed by atoms with van der Waals surface area (Å²) in [5, 5.41) is 3.39. The number of para-hydroxylation sites is 1. The minimum Gasteiger partial charge on any atom is -0.241 e. The van der Waals surface area contributed by atoms with Crippen LogP contribution in [-0.4, -0.2) is 4.98 Å². The van der Waals surface area contributed by atoms with E-state index in [0.29, 0.717) is 4.83 Å². The highest BCUT2D eigenvalue weighted by atomic mass is 79.9. The van der Waals surface area contributed by atoms with E-state index in [1.807, 2.05) is 17.4 Å². The molecule has 0 aliphatic carbocycles. The number of aryl methyl sites for hydroxylation is 1. The van der Waals surface area contributed by atoms with Gasteiger partial charge in [0.25, 0.3) is 0 Å². The van der Waals surface area contributed by atoms with Crippen LogP contribution in [0.2, 0.25) is 0 Å². The van der Waals surface area contributed by atoms with Crippen LogP contribution in [0, 0.1) is 0 Å². The number of alkyl halides is 1. The molecule has 0 fully saturated rings. The van der Waals surface area contributed by atoms with Crippen LogP contribution < -0.4 is 0 Å². The number of nitrogens with zero attached hydrogens (tertiary/aromatic N) is 1. The number of aromatic nitrogens is 1. The maximum Gasteiger partial charge on any atom is 0.0953 e. The molecule has 0 bridgehead atoms. The third kappa shape index (κ3) is 2.76. The minimum absolute atomic E-state index is 0.378. The van der Waals surface area contributed by atoms with Gasteiger partial charge in [-0.2, -0.15) is 0 Å². The number of hydrogen-bond acceptors (Lipinski definition) is 3. The molecule has 0 spiro atoms. The van der Waals surface area contributed by atoms with E-state index in [-0.39, 0.29) is 0 Å². The molecule has 1 unspecified atom stereocenters. The summed E-state index contributed by atoms with van der Waals surface area (Å²) in [6.07, 6.45) is 2.06. The summed E-state index contributed by atoms with van der Waals surface area (Å²) in [5.74, 6) is 0. The quantitative estimate of drug-likeness (QED) is 0.557. The number of halogens is 1. The average Bonchev–Trinajstić information content (AvgIpc) is 3.03.